The van der Waals surface area contributed by atoms with Crippen molar-refractivity contribution in [2.24, 2.45) is 0 Å². The fourth-order valence-corrected chi connectivity index (χ4v) is 2.89. The van der Waals surface area contributed by atoms with Gasteiger partial charge in [0.1, 0.15) is 5.75 Å². The first kappa shape index (κ1) is 17.0. The van der Waals surface area contributed by atoms with E-state index >= 15 is 0 Å². The van der Waals surface area contributed by atoms with E-state index in [1.807, 2.05) is 0 Å². The van der Waals surface area contributed by atoms with Crippen molar-refractivity contribution in [3.05, 3.63) is 58.6 Å². The lowest BCUT2D eigenvalue weighted by molar-refractivity contribution is -0.116. The molecule has 3 rings (SSSR count). The molecule has 0 radical (unpaired) electrons. The number of carbonyl (C=O) groups excluding carboxylic acids is 3. The predicted molar refractivity (Wildman–Crippen MR) is 93.1 cm³/mol. The maximum atomic E-state index is 12.4. The van der Waals surface area contributed by atoms with E-state index in [9.17, 15) is 14.4 Å². The molecular formula is C18H15ClN2O4. The SMILES string of the molecule is COc1cccc(NC(=O)CCN2C(=O)c3cccc(Cl)c3C2=O)c1. The minimum atomic E-state index is -0.472. The summed E-state index contributed by atoms with van der Waals surface area (Å²) in [6.45, 7) is -0.0154. The van der Waals surface area contributed by atoms with Crippen LogP contribution in [0, 0.1) is 0 Å². The van der Waals surface area contributed by atoms with Gasteiger partial charge >= 0.3 is 0 Å². The molecule has 2 aromatic carbocycles. The average molecular weight is 359 g/mol. The van der Waals surface area contributed by atoms with Gasteiger partial charge in [-0.3, -0.25) is 19.3 Å². The summed E-state index contributed by atoms with van der Waals surface area (Å²) < 4.78 is 5.09. The molecule has 0 unspecified atom stereocenters. The van der Waals surface area contributed by atoms with Crippen molar-refractivity contribution in [2.45, 2.75) is 6.42 Å². The van der Waals surface area contributed by atoms with E-state index < -0.39 is 11.8 Å². The molecule has 1 N–H and O–H groups in total. The Morgan fingerprint density at radius 2 is 1.92 bits per heavy atom. The molecule has 0 fully saturated rings. The summed E-state index contributed by atoms with van der Waals surface area (Å²) in [4.78, 5) is 37.8. The number of hydrogen-bond acceptors (Lipinski definition) is 4. The van der Waals surface area contributed by atoms with Crippen molar-refractivity contribution in [3.8, 4) is 5.75 Å². The van der Waals surface area contributed by atoms with Crippen LogP contribution in [0.2, 0.25) is 5.02 Å². The molecule has 0 bridgehead atoms. The summed E-state index contributed by atoms with van der Waals surface area (Å²) in [5.41, 5.74) is 1.04. The molecule has 6 nitrogen and oxygen atoms in total. The standard InChI is InChI=1S/C18H15ClN2O4/c1-25-12-5-2-4-11(10-12)20-15(22)8-9-21-17(23)13-6-3-7-14(19)16(13)18(21)24/h2-7,10H,8-9H2,1H3,(H,20,22). The highest BCUT2D eigenvalue weighted by Crippen LogP contribution is 2.29. The third-order valence-electron chi connectivity index (χ3n) is 3.86. The lowest BCUT2D eigenvalue weighted by Gasteiger charge is -2.13. The predicted octanol–water partition coefficient (Wildman–Crippen LogP) is 2.97. The molecule has 1 aliphatic rings. The normalized spacial score (nSPS) is 13.0. The van der Waals surface area contributed by atoms with Crippen molar-refractivity contribution in [1.29, 1.82) is 0 Å². The second-order valence-corrected chi connectivity index (χ2v) is 5.86. The average Bonchev–Trinajstić information content (AvgIpc) is 2.85. The van der Waals surface area contributed by atoms with Gasteiger partial charge in [-0.15, -0.1) is 0 Å². The summed E-state index contributed by atoms with van der Waals surface area (Å²) >= 11 is 6.00. The summed E-state index contributed by atoms with van der Waals surface area (Å²) in [6, 6.07) is 11.6. The van der Waals surface area contributed by atoms with Gasteiger partial charge in [-0.1, -0.05) is 23.7 Å². The number of ether oxygens (including phenoxy) is 1. The number of methoxy groups -OCH3 is 1. The van der Waals surface area contributed by atoms with Crippen LogP contribution in [0.1, 0.15) is 27.1 Å². The van der Waals surface area contributed by atoms with Crippen LogP contribution in [0.25, 0.3) is 0 Å². The number of amides is 3. The van der Waals surface area contributed by atoms with Crippen LogP contribution in [0.3, 0.4) is 0 Å². The zero-order valence-electron chi connectivity index (χ0n) is 13.4. The Bertz CT molecular complexity index is 866. The number of anilines is 1. The Hall–Kier alpha value is -2.86. The Morgan fingerprint density at radius 1 is 1.16 bits per heavy atom. The lowest BCUT2D eigenvalue weighted by Crippen LogP contribution is -2.32. The first-order valence-corrected chi connectivity index (χ1v) is 7.97. The van der Waals surface area contributed by atoms with Crippen molar-refractivity contribution in [2.75, 3.05) is 19.0 Å². The van der Waals surface area contributed by atoms with Crippen LogP contribution in [0.4, 0.5) is 5.69 Å². The van der Waals surface area contributed by atoms with Gasteiger partial charge in [0.15, 0.2) is 0 Å². The summed E-state index contributed by atoms with van der Waals surface area (Å²) in [5.74, 6) is -0.597. The van der Waals surface area contributed by atoms with Gasteiger partial charge in [-0.25, -0.2) is 0 Å². The van der Waals surface area contributed by atoms with E-state index in [4.69, 9.17) is 16.3 Å². The van der Waals surface area contributed by atoms with E-state index in [-0.39, 0.29) is 35.0 Å². The number of hydrogen-bond donors (Lipinski definition) is 1. The molecule has 0 atom stereocenters. The Kier molecular flexibility index (Phi) is 4.72. The second kappa shape index (κ2) is 6.94. The van der Waals surface area contributed by atoms with Crippen molar-refractivity contribution < 1.29 is 19.1 Å². The van der Waals surface area contributed by atoms with Crippen LogP contribution in [-0.2, 0) is 4.79 Å². The molecule has 25 heavy (non-hydrogen) atoms. The molecule has 0 aliphatic carbocycles. The number of carbonyl (C=O) groups is 3. The van der Waals surface area contributed by atoms with Gasteiger partial charge in [0.25, 0.3) is 11.8 Å². The van der Waals surface area contributed by atoms with Crippen molar-refractivity contribution in [1.82, 2.24) is 4.90 Å². The number of nitrogens with one attached hydrogen (secondary N) is 1. The summed E-state index contributed by atoms with van der Waals surface area (Å²) in [7, 11) is 1.54. The maximum absolute atomic E-state index is 12.4. The summed E-state index contributed by atoms with van der Waals surface area (Å²) in [5, 5.41) is 2.94. The topological polar surface area (TPSA) is 75.7 Å². The number of imide groups is 1. The number of fused-ring (bicyclic) bond motifs is 1. The molecule has 128 valence electrons. The highest BCUT2D eigenvalue weighted by molar-refractivity contribution is 6.37. The highest BCUT2D eigenvalue weighted by Gasteiger charge is 2.37. The molecule has 2 aromatic rings. The number of halogens is 1. The Balaban J connectivity index is 1.64. The summed E-state index contributed by atoms with van der Waals surface area (Å²) in [6.07, 6.45) is -0.0136. The van der Waals surface area contributed by atoms with Crippen LogP contribution < -0.4 is 10.1 Å². The van der Waals surface area contributed by atoms with Crippen LogP contribution >= 0.6 is 11.6 Å². The van der Waals surface area contributed by atoms with Crippen molar-refractivity contribution in [3.63, 3.8) is 0 Å². The molecular weight excluding hydrogens is 344 g/mol. The number of nitrogens with zero attached hydrogens (tertiary/aromatic N) is 1. The third-order valence-corrected chi connectivity index (χ3v) is 4.18. The van der Waals surface area contributed by atoms with Gasteiger partial charge in [-0.05, 0) is 24.3 Å². The maximum Gasteiger partial charge on any atom is 0.263 e. The molecule has 1 aliphatic heterocycles. The Morgan fingerprint density at radius 3 is 2.64 bits per heavy atom. The molecule has 0 aromatic heterocycles. The lowest BCUT2D eigenvalue weighted by atomic mass is 10.1. The number of benzene rings is 2. The largest absolute Gasteiger partial charge is 0.497 e. The van der Waals surface area contributed by atoms with E-state index in [1.54, 1.807) is 42.5 Å². The second-order valence-electron chi connectivity index (χ2n) is 5.45. The van der Waals surface area contributed by atoms with Crippen molar-refractivity contribution >= 4 is 35.0 Å². The van der Waals surface area contributed by atoms with Gasteiger partial charge in [0.2, 0.25) is 5.91 Å². The minimum absolute atomic E-state index is 0.0136. The first-order valence-electron chi connectivity index (χ1n) is 7.60. The first-order chi connectivity index (χ1) is 12.0. The fourth-order valence-electron chi connectivity index (χ4n) is 2.63. The van der Waals surface area contributed by atoms with E-state index in [0.29, 0.717) is 11.4 Å². The smallest absolute Gasteiger partial charge is 0.263 e. The zero-order chi connectivity index (χ0) is 18.0. The fraction of sp³-hybridized carbons (Fsp3) is 0.167. The molecule has 0 saturated heterocycles. The molecule has 3 amide bonds. The van der Waals surface area contributed by atoms with Gasteiger partial charge in [-0.2, -0.15) is 0 Å². The monoisotopic (exact) mass is 358 g/mol. The minimum Gasteiger partial charge on any atom is -0.497 e. The van der Waals surface area contributed by atoms with Crippen LogP contribution in [0.5, 0.6) is 5.75 Å². The Labute approximate surface area is 149 Å². The quantitative estimate of drug-likeness (QED) is 0.834. The molecule has 0 saturated carbocycles. The van der Waals surface area contributed by atoms with E-state index in [1.165, 1.54) is 7.11 Å². The van der Waals surface area contributed by atoms with Gasteiger partial charge in [0.05, 0.1) is 23.3 Å². The third kappa shape index (κ3) is 3.34. The van der Waals surface area contributed by atoms with E-state index in [0.717, 1.165) is 4.90 Å². The van der Waals surface area contributed by atoms with Crippen LogP contribution in [-0.4, -0.2) is 36.3 Å². The number of rotatable bonds is 5. The van der Waals surface area contributed by atoms with Gasteiger partial charge in [0, 0.05) is 24.7 Å². The molecule has 1 heterocycles. The molecule has 7 heteroatoms. The van der Waals surface area contributed by atoms with Crippen LogP contribution in [0.15, 0.2) is 42.5 Å². The van der Waals surface area contributed by atoms with Gasteiger partial charge < -0.3 is 10.1 Å². The van der Waals surface area contributed by atoms with E-state index in [2.05, 4.69) is 5.32 Å². The highest BCUT2D eigenvalue weighted by atomic mass is 35.5. The molecule has 0 spiro atoms. The zero-order valence-corrected chi connectivity index (χ0v) is 14.2.